The van der Waals surface area contributed by atoms with E-state index in [4.69, 9.17) is 5.11 Å². The van der Waals surface area contributed by atoms with Crippen molar-refractivity contribution >= 4 is 11.8 Å². The molecule has 2 aromatic heterocycles. The number of rotatable bonds is 4. The second-order valence-corrected chi connectivity index (χ2v) is 3.54. The number of pyridine rings is 1. The van der Waals surface area contributed by atoms with Gasteiger partial charge in [-0.05, 0) is 6.07 Å². The molecular formula is C10H10FN5O2. The molecule has 0 spiro atoms. The molecule has 2 heterocycles. The van der Waals surface area contributed by atoms with E-state index >= 15 is 0 Å². The third kappa shape index (κ3) is 2.59. The van der Waals surface area contributed by atoms with E-state index in [1.807, 2.05) is 0 Å². The van der Waals surface area contributed by atoms with E-state index in [1.54, 1.807) is 7.05 Å². The zero-order valence-corrected chi connectivity index (χ0v) is 9.46. The SMILES string of the molecule is Cn1cnc(CNc2ncc(F)cc2C(=O)O)n1. The summed E-state index contributed by atoms with van der Waals surface area (Å²) < 4.78 is 14.4. The molecule has 2 aromatic rings. The smallest absolute Gasteiger partial charge is 0.339 e. The van der Waals surface area contributed by atoms with Crippen molar-refractivity contribution in [3.8, 4) is 0 Å². The van der Waals surface area contributed by atoms with Crippen LogP contribution in [0.3, 0.4) is 0 Å². The number of hydrogen-bond acceptors (Lipinski definition) is 5. The van der Waals surface area contributed by atoms with Crippen molar-refractivity contribution in [2.75, 3.05) is 5.32 Å². The van der Waals surface area contributed by atoms with Gasteiger partial charge >= 0.3 is 5.97 Å². The zero-order valence-electron chi connectivity index (χ0n) is 9.46. The molecular weight excluding hydrogens is 241 g/mol. The van der Waals surface area contributed by atoms with E-state index in [9.17, 15) is 9.18 Å². The van der Waals surface area contributed by atoms with Gasteiger partial charge < -0.3 is 10.4 Å². The first kappa shape index (κ1) is 12.0. The molecule has 0 bridgehead atoms. The molecule has 0 fully saturated rings. The summed E-state index contributed by atoms with van der Waals surface area (Å²) in [4.78, 5) is 18.6. The van der Waals surface area contributed by atoms with Crippen LogP contribution in [0.15, 0.2) is 18.6 Å². The standard InChI is InChI=1S/C10H10FN5O2/c1-16-5-14-8(15-16)4-13-9-7(10(17)18)2-6(11)3-12-9/h2-3,5H,4H2,1H3,(H,12,13)(H,17,18). The molecule has 0 aliphatic heterocycles. The van der Waals surface area contributed by atoms with Crippen LogP contribution in [0.5, 0.6) is 0 Å². The topological polar surface area (TPSA) is 92.9 Å². The third-order valence-electron chi connectivity index (χ3n) is 2.15. The van der Waals surface area contributed by atoms with E-state index in [2.05, 4.69) is 20.4 Å². The van der Waals surface area contributed by atoms with Crippen LogP contribution in [-0.2, 0) is 13.6 Å². The van der Waals surface area contributed by atoms with Gasteiger partial charge in [-0.2, -0.15) is 5.10 Å². The van der Waals surface area contributed by atoms with Crippen LogP contribution in [0, 0.1) is 5.82 Å². The van der Waals surface area contributed by atoms with Crippen LogP contribution in [0.4, 0.5) is 10.2 Å². The van der Waals surface area contributed by atoms with Gasteiger partial charge in [0.25, 0.3) is 0 Å². The number of anilines is 1. The lowest BCUT2D eigenvalue weighted by atomic mass is 10.2. The van der Waals surface area contributed by atoms with E-state index in [1.165, 1.54) is 11.0 Å². The quantitative estimate of drug-likeness (QED) is 0.829. The lowest BCUT2D eigenvalue weighted by Crippen LogP contribution is -2.10. The van der Waals surface area contributed by atoms with Gasteiger partial charge in [0.1, 0.15) is 23.5 Å². The molecule has 0 aliphatic carbocycles. The van der Waals surface area contributed by atoms with Gasteiger partial charge in [0, 0.05) is 7.05 Å². The molecule has 18 heavy (non-hydrogen) atoms. The average molecular weight is 251 g/mol. The molecule has 2 rings (SSSR count). The minimum Gasteiger partial charge on any atom is -0.478 e. The molecule has 7 nitrogen and oxygen atoms in total. The van der Waals surface area contributed by atoms with Crippen molar-refractivity contribution in [1.82, 2.24) is 19.7 Å². The number of aromatic nitrogens is 4. The Kier molecular flexibility index (Phi) is 3.18. The fraction of sp³-hybridized carbons (Fsp3) is 0.200. The molecule has 0 amide bonds. The van der Waals surface area contributed by atoms with Crippen LogP contribution in [0.2, 0.25) is 0 Å². The van der Waals surface area contributed by atoms with E-state index in [0.717, 1.165) is 12.3 Å². The van der Waals surface area contributed by atoms with Crippen LogP contribution in [-0.4, -0.2) is 30.8 Å². The van der Waals surface area contributed by atoms with Gasteiger partial charge in [0.2, 0.25) is 0 Å². The zero-order chi connectivity index (χ0) is 13.1. The molecule has 0 atom stereocenters. The normalized spacial score (nSPS) is 10.3. The fourth-order valence-corrected chi connectivity index (χ4v) is 1.37. The predicted molar refractivity (Wildman–Crippen MR) is 59.5 cm³/mol. The first-order valence-electron chi connectivity index (χ1n) is 5.03. The second kappa shape index (κ2) is 4.78. The van der Waals surface area contributed by atoms with Crippen molar-refractivity contribution in [2.24, 2.45) is 7.05 Å². The predicted octanol–water partition coefficient (Wildman–Crippen LogP) is 0.659. The van der Waals surface area contributed by atoms with E-state index in [0.29, 0.717) is 5.82 Å². The summed E-state index contributed by atoms with van der Waals surface area (Å²) in [7, 11) is 1.72. The van der Waals surface area contributed by atoms with Crippen molar-refractivity contribution < 1.29 is 14.3 Å². The maximum absolute atomic E-state index is 12.9. The van der Waals surface area contributed by atoms with Gasteiger partial charge in [-0.1, -0.05) is 0 Å². The number of hydrogen-bond donors (Lipinski definition) is 2. The van der Waals surface area contributed by atoms with Gasteiger partial charge in [-0.15, -0.1) is 0 Å². The number of aromatic carboxylic acids is 1. The molecule has 0 radical (unpaired) electrons. The highest BCUT2D eigenvalue weighted by molar-refractivity contribution is 5.92. The minimum atomic E-state index is -1.25. The number of halogens is 1. The first-order chi connectivity index (χ1) is 8.56. The molecule has 0 unspecified atom stereocenters. The summed E-state index contributed by atoms with van der Waals surface area (Å²) in [6, 6.07) is 0.906. The molecule has 0 aromatic carbocycles. The van der Waals surface area contributed by atoms with E-state index in [-0.39, 0.29) is 17.9 Å². The maximum atomic E-state index is 12.9. The van der Waals surface area contributed by atoms with Crippen LogP contribution < -0.4 is 5.32 Å². The molecule has 0 saturated carbocycles. The Morgan fingerprint density at radius 2 is 2.33 bits per heavy atom. The third-order valence-corrected chi connectivity index (χ3v) is 2.15. The second-order valence-electron chi connectivity index (χ2n) is 3.54. The summed E-state index contributed by atoms with van der Waals surface area (Å²) in [6.07, 6.45) is 2.47. The Bertz CT molecular complexity index is 583. The van der Waals surface area contributed by atoms with Crippen LogP contribution >= 0.6 is 0 Å². The maximum Gasteiger partial charge on any atom is 0.339 e. The van der Waals surface area contributed by atoms with Crippen molar-refractivity contribution in [3.05, 3.63) is 35.8 Å². The van der Waals surface area contributed by atoms with Crippen molar-refractivity contribution in [3.63, 3.8) is 0 Å². The number of nitrogens with zero attached hydrogens (tertiary/aromatic N) is 4. The lowest BCUT2D eigenvalue weighted by molar-refractivity contribution is 0.0697. The number of nitrogens with one attached hydrogen (secondary N) is 1. The van der Waals surface area contributed by atoms with Crippen molar-refractivity contribution in [1.29, 1.82) is 0 Å². The van der Waals surface area contributed by atoms with Crippen molar-refractivity contribution in [2.45, 2.75) is 6.54 Å². The summed E-state index contributed by atoms with van der Waals surface area (Å²) >= 11 is 0. The summed E-state index contributed by atoms with van der Waals surface area (Å²) in [5.74, 6) is -1.39. The monoisotopic (exact) mass is 251 g/mol. The minimum absolute atomic E-state index is 0.0800. The Morgan fingerprint density at radius 1 is 1.56 bits per heavy atom. The first-order valence-corrected chi connectivity index (χ1v) is 5.03. The number of aryl methyl sites for hydroxylation is 1. The summed E-state index contributed by atoms with van der Waals surface area (Å²) in [5, 5.41) is 15.7. The summed E-state index contributed by atoms with van der Waals surface area (Å²) in [6.45, 7) is 0.208. The van der Waals surface area contributed by atoms with Crippen LogP contribution in [0.25, 0.3) is 0 Å². The van der Waals surface area contributed by atoms with Gasteiger partial charge in [-0.25, -0.2) is 19.2 Å². The Morgan fingerprint density at radius 3 is 2.94 bits per heavy atom. The number of carboxylic acid groups (broad SMARTS) is 1. The Labute approximate surface area is 101 Å². The lowest BCUT2D eigenvalue weighted by Gasteiger charge is -2.06. The van der Waals surface area contributed by atoms with Gasteiger partial charge in [0.05, 0.1) is 12.7 Å². The van der Waals surface area contributed by atoms with E-state index < -0.39 is 11.8 Å². The average Bonchev–Trinajstić information content (AvgIpc) is 2.73. The van der Waals surface area contributed by atoms with Gasteiger partial charge in [0.15, 0.2) is 5.82 Å². The Balaban J connectivity index is 2.16. The fourth-order valence-electron chi connectivity index (χ4n) is 1.37. The molecule has 0 aliphatic rings. The van der Waals surface area contributed by atoms with Crippen LogP contribution in [0.1, 0.15) is 16.2 Å². The highest BCUT2D eigenvalue weighted by Crippen LogP contribution is 2.14. The molecule has 94 valence electrons. The molecule has 8 heteroatoms. The van der Waals surface area contributed by atoms with Gasteiger partial charge in [-0.3, -0.25) is 4.68 Å². The highest BCUT2D eigenvalue weighted by Gasteiger charge is 2.13. The number of carbonyl (C=O) groups is 1. The summed E-state index contributed by atoms with van der Waals surface area (Å²) in [5.41, 5.74) is -0.231. The highest BCUT2D eigenvalue weighted by atomic mass is 19.1. The largest absolute Gasteiger partial charge is 0.478 e. The Hall–Kier alpha value is -2.51. The number of carboxylic acids is 1. The molecule has 0 saturated heterocycles. The molecule has 2 N–H and O–H groups in total.